The average Bonchev–Trinajstić information content (AvgIpc) is 3.20. The Kier molecular flexibility index (Phi) is 6.66. The summed E-state index contributed by atoms with van der Waals surface area (Å²) in [7, 11) is 0. The molecule has 0 bridgehead atoms. The van der Waals surface area contributed by atoms with Crippen LogP contribution in [0.5, 0.6) is 0 Å². The second-order valence-corrected chi connectivity index (χ2v) is 10.3. The molecular formula is C25H34N8O2. The standard InChI is InChI=1S/C25H34N8O2/c1-16-12-18(13-28-21(16)19(26)14-33(27)15-25(3,4)5)23(34)31-8-10-32(11-9-31)24-30-22-20(35-24)7-6-17(2)29-22/h6-7,12-14H,8-11,15,26-27H2,1-5H3/b19-14-. The van der Waals surface area contributed by atoms with Gasteiger partial charge in [-0.3, -0.25) is 9.78 Å². The number of anilines is 1. The summed E-state index contributed by atoms with van der Waals surface area (Å²) >= 11 is 0. The summed E-state index contributed by atoms with van der Waals surface area (Å²) in [6, 6.07) is 6.15. The lowest BCUT2D eigenvalue weighted by Crippen LogP contribution is -2.49. The molecule has 0 radical (unpaired) electrons. The van der Waals surface area contributed by atoms with Crippen LogP contribution in [0.4, 0.5) is 6.01 Å². The van der Waals surface area contributed by atoms with Crippen molar-refractivity contribution < 1.29 is 9.21 Å². The summed E-state index contributed by atoms with van der Waals surface area (Å²) in [6.07, 6.45) is 3.27. The number of carbonyl (C=O) groups excluding carboxylic acids is 1. The number of oxazole rings is 1. The molecule has 0 aliphatic carbocycles. The number of carbonyl (C=O) groups is 1. The van der Waals surface area contributed by atoms with Gasteiger partial charge in [0.05, 0.1) is 17.0 Å². The average molecular weight is 479 g/mol. The lowest BCUT2D eigenvalue weighted by molar-refractivity contribution is 0.0744. The van der Waals surface area contributed by atoms with Gasteiger partial charge in [-0.15, -0.1) is 0 Å². The van der Waals surface area contributed by atoms with Crippen molar-refractivity contribution in [3.8, 4) is 0 Å². The van der Waals surface area contributed by atoms with Crippen LogP contribution in [0.25, 0.3) is 16.9 Å². The van der Waals surface area contributed by atoms with E-state index in [2.05, 4.69) is 35.7 Å². The minimum absolute atomic E-state index is 0.0324. The predicted molar refractivity (Wildman–Crippen MR) is 136 cm³/mol. The Balaban J connectivity index is 1.40. The fourth-order valence-electron chi connectivity index (χ4n) is 4.15. The number of hydrogen-bond acceptors (Lipinski definition) is 9. The minimum Gasteiger partial charge on any atom is -0.422 e. The molecule has 0 saturated carbocycles. The van der Waals surface area contributed by atoms with Gasteiger partial charge in [0.1, 0.15) is 0 Å². The van der Waals surface area contributed by atoms with E-state index in [4.69, 9.17) is 16.0 Å². The molecule has 1 aliphatic heterocycles. The highest BCUT2D eigenvalue weighted by molar-refractivity contribution is 5.94. The number of amides is 1. The van der Waals surface area contributed by atoms with E-state index in [9.17, 15) is 4.79 Å². The zero-order valence-electron chi connectivity index (χ0n) is 21.1. The maximum atomic E-state index is 13.1. The SMILES string of the molecule is Cc1ccc2oc(N3CCN(C(=O)c4cnc(/C(N)=C/N(N)CC(C)(C)C)c(C)c4)CC3)nc2n1. The third-order valence-electron chi connectivity index (χ3n) is 5.78. The topological polar surface area (TPSA) is 131 Å². The van der Waals surface area contributed by atoms with Gasteiger partial charge in [-0.1, -0.05) is 20.8 Å². The molecule has 10 nitrogen and oxygen atoms in total. The summed E-state index contributed by atoms with van der Waals surface area (Å²) in [4.78, 5) is 30.4. The third kappa shape index (κ3) is 5.71. The van der Waals surface area contributed by atoms with Gasteiger partial charge in [-0.25, -0.2) is 10.8 Å². The van der Waals surface area contributed by atoms with Crippen LogP contribution in [0.15, 0.2) is 35.0 Å². The van der Waals surface area contributed by atoms with Crippen molar-refractivity contribution >= 4 is 28.8 Å². The molecule has 4 heterocycles. The molecule has 1 aliphatic rings. The highest BCUT2D eigenvalue weighted by atomic mass is 16.4. The molecule has 186 valence electrons. The smallest absolute Gasteiger partial charge is 0.300 e. The van der Waals surface area contributed by atoms with Crippen molar-refractivity contribution in [1.82, 2.24) is 24.9 Å². The zero-order valence-corrected chi connectivity index (χ0v) is 21.1. The van der Waals surface area contributed by atoms with Crippen molar-refractivity contribution in [3.63, 3.8) is 0 Å². The number of nitrogens with zero attached hydrogens (tertiary/aromatic N) is 6. The maximum Gasteiger partial charge on any atom is 0.300 e. The van der Waals surface area contributed by atoms with Crippen LogP contribution < -0.4 is 16.5 Å². The largest absolute Gasteiger partial charge is 0.422 e. The van der Waals surface area contributed by atoms with E-state index in [1.54, 1.807) is 17.4 Å². The monoisotopic (exact) mass is 478 g/mol. The van der Waals surface area contributed by atoms with Crippen molar-refractivity contribution in [1.29, 1.82) is 0 Å². The third-order valence-corrected chi connectivity index (χ3v) is 5.78. The number of aryl methyl sites for hydroxylation is 2. The Morgan fingerprint density at radius 1 is 1.17 bits per heavy atom. The summed E-state index contributed by atoms with van der Waals surface area (Å²) in [5.74, 6) is 6.02. The van der Waals surface area contributed by atoms with Crippen LogP contribution >= 0.6 is 0 Å². The predicted octanol–water partition coefficient (Wildman–Crippen LogP) is 2.68. The molecule has 3 aromatic heterocycles. The van der Waals surface area contributed by atoms with Gasteiger partial charge in [-0.2, -0.15) is 4.98 Å². The van der Waals surface area contributed by atoms with E-state index in [0.29, 0.717) is 66.9 Å². The van der Waals surface area contributed by atoms with Crippen LogP contribution in [-0.4, -0.2) is 63.5 Å². The van der Waals surface area contributed by atoms with Crippen LogP contribution in [0.3, 0.4) is 0 Å². The first-order valence-electron chi connectivity index (χ1n) is 11.7. The van der Waals surface area contributed by atoms with Gasteiger partial charge in [-0.05, 0) is 43.0 Å². The van der Waals surface area contributed by atoms with Crippen molar-refractivity contribution in [3.05, 3.63) is 53.1 Å². The minimum atomic E-state index is -0.0580. The van der Waals surface area contributed by atoms with Gasteiger partial charge in [0, 0.05) is 50.8 Å². The first kappa shape index (κ1) is 24.5. The van der Waals surface area contributed by atoms with Crippen molar-refractivity contribution in [2.24, 2.45) is 17.0 Å². The van der Waals surface area contributed by atoms with Gasteiger partial charge < -0.3 is 25.0 Å². The molecule has 0 unspecified atom stereocenters. The molecule has 4 N–H and O–H groups in total. The molecule has 4 rings (SSSR count). The van der Waals surface area contributed by atoms with Crippen LogP contribution in [-0.2, 0) is 0 Å². The molecule has 35 heavy (non-hydrogen) atoms. The van der Waals surface area contributed by atoms with E-state index < -0.39 is 0 Å². The van der Waals surface area contributed by atoms with Gasteiger partial charge in [0.25, 0.3) is 11.9 Å². The molecular weight excluding hydrogens is 444 g/mol. The fourth-order valence-corrected chi connectivity index (χ4v) is 4.15. The van der Waals surface area contributed by atoms with Gasteiger partial charge in [0.15, 0.2) is 5.58 Å². The van der Waals surface area contributed by atoms with E-state index in [-0.39, 0.29) is 11.3 Å². The molecule has 1 fully saturated rings. The highest BCUT2D eigenvalue weighted by Crippen LogP contribution is 2.23. The Morgan fingerprint density at radius 2 is 1.89 bits per heavy atom. The van der Waals surface area contributed by atoms with E-state index in [1.807, 2.05) is 41.8 Å². The van der Waals surface area contributed by atoms with E-state index in [1.165, 1.54) is 0 Å². The van der Waals surface area contributed by atoms with Crippen LogP contribution in [0.1, 0.15) is 48.1 Å². The fraction of sp³-hybridized carbons (Fsp3) is 0.440. The zero-order chi connectivity index (χ0) is 25.3. The van der Waals surface area contributed by atoms with E-state index in [0.717, 1.165) is 11.3 Å². The maximum absolute atomic E-state index is 13.1. The Labute approximate surface area is 205 Å². The first-order chi connectivity index (χ1) is 16.5. The van der Waals surface area contributed by atoms with Gasteiger partial charge >= 0.3 is 0 Å². The number of fused-ring (bicyclic) bond motifs is 1. The summed E-state index contributed by atoms with van der Waals surface area (Å²) in [6.45, 7) is 13.1. The Hall–Kier alpha value is -3.66. The number of rotatable bonds is 5. The highest BCUT2D eigenvalue weighted by Gasteiger charge is 2.25. The van der Waals surface area contributed by atoms with Crippen molar-refractivity contribution in [2.45, 2.75) is 34.6 Å². The summed E-state index contributed by atoms with van der Waals surface area (Å²) < 4.78 is 5.86. The Morgan fingerprint density at radius 3 is 2.54 bits per heavy atom. The molecule has 0 atom stereocenters. The second kappa shape index (κ2) is 9.53. The number of piperazine rings is 1. The second-order valence-electron chi connectivity index (χ2n) is 10.3. The normalized spacial score (nSPS) is 15.1. The molecule has 10 heteroatoms. The number of pyridine rings is 2. The van der Waals surface area contributed by atoms with E-state index >= 15 is 0 Å². The summed E-state index contributed by atoms with van der Waals surface area (Å²) in [5.41, 5.74) is 10.9. The number of hydrazine groups is 1. The number of aromatic nitrogens is 3. The van der Waals surface area contributed by atoms with Crippen molar-refractivity contribution in [2.75, 3.05) is 37.6 Å². The number of hydrogen-bond donors (Lipinski definition) is 2. The molecule has 1 amide bonds. The summed E-state index contributed by atoms with van der Waals surface area (Å²) in [5, 5.41) is 1.57. The quantitative estimate of drug-likeness (QED) is 0.420. The number of nitrogens with two attached hydrogens (primary N) is 2. The Bertz CT molecular complexity index is 1250. The van der Waals surface area contributed by atoms with Crippen LogP contribution in [0.2, 0.25) is 0 Å². The van der Waals surface area contributed by atoms with Gasteiger partial charge in [0.2, 0.25) is 5.65 Å². The lowest BCUT2D eigenvalue weighted by atomic mass is 9.97. The molecule has 0 spiro atoms. The molecule has 3 aromatic rings. The van der Waals surface area contributed by atoms with Crippen LogP contribution in [0, 0.1) is 19.3 Å². The molecule has 1 saturated heterocycles. The lowest BCUT2D eigenvalue weighted by Gasteiger charge is -2.33. The molecule has 0 aromatic carbocycles. The first-order valence-corrected chi connectivity index (χ1v) is 11.7.